The lowest BCUT2D eigenvalue weighted by molar-refractivity contribution is 0.0730. The highest BCUT2D eigenvalue weighted by Crippen LogP contribution is 2.27. The van der Waals surface area contributed by atoms with E-state index in [9.17, 15) is 4.79 Å². The van der Waals surface area contributed by atoms with Gasteiger partial charge < -0.3 is 15.4 Å². The van der Waals surface area contributed by atoms with Crippen molar-refractivity contribution in [3.05, 3.63) is 24.0 Å². The van der Waals surface area contributed by atoms with Crippen LogP contribution in [0.15, 0.2) is 18.5 Å². The van der Waals surface area contributed by atoms with Crippen molar-refractivity contribution < 1.29 is 9.53 Å². The van der Waals surface area contributed by atoms with Gasteiger partial charge in [-0.3, -0.25) is 9.78 Å². The number of aromatic nitrogens is 1. The SMILES string of the molecule is COc1cnccc1C(=O)N(C)CC1CC(N)C1. The van der Waals surface area contributed by atoms with Gasteiger partial charge >= 0.3 is 0 Å². The Bertz CT molecular complexity index is 430. The summed E-state index contributed by atoms with van der Waals surface area (Å²) in [6, 6.07) is 2.00. The minimum Gasteiger partial charge on any atom is -0.494 e. The average molecular weight is 249 g/mol. The molecule has 18 heavy (non-hydrogen) atoms. The maximum Gasteiger partial charge on any atom is 0.257 e. The van der Waals surface area contributed by atoms with Gasteiger partial charge in [-0.15, -0.1) is 0 Å². The van der Waals surface area contributed by atoms with Crippen LogP contribution in [0, 0.1) is 5.92 Å². The number of rotatable bonds is 4. The topological polar surface area (TPSA) is 68.5 Å². The Balaban J connectivity index is 2.01. The lowest BCUT2D eigenvalue weighted by Crippen LogP contribution is -2.43. The standard InChI is InChI=1S/C13H19N3O2/c1-16(8-9-5-10(14)6-9)13(17)11-3-4-15-7-12(11)18-2/h3-4,7,9-10H,5-6,8,14H2,1-2H3. The molecule has 1 fully saturated rings. The molecule has 0 spiro atoms. The zero-order chi connectivity index (χ0) is 13.1. The largest absolute Gasteiger partial charge is 0.494 e. The summed E-state index contributed by atoms with van der Waals surface area (Å²) in [4.78, 5) is 17.9. The summed E-state index contributed by atoms with van der Waals surface area (Å²) in [6.45, 7) is 0.748. The zero-order valence-electron chi connectivity index (χ0n) is 10.8. The summed E-state index contributed by atoms with van der Waals surface area (Å²) in [5, 5.41) is 0. The molecule has 5 heteroatoms. The number of carbonyl (C=O) groups excluding carboxylic acids is 1. The molecule has 1 aliphatic carbocycles. The van der Waals surface area contributed by atoms with Crippen LogP contribution in [0.1, 0.15) is 23.2 Å². The van der Waals surface area contributed by atoms with E-state index in [1.807, 2.05) is 7.05 Å². The van der Waals surface area contributed by atoms with E-state index in [1.165, 1.54) is 0 Å². The molecule has 0 atom stereocenters. The first-order valence-corrected chi connectivity index (χ1v) is 6.11. The second kappa shape index (κ2) is 5.35. The van der Waals surface area contributed by atoms with Gasteiger partial charge in [-0.2, -0.15) is 0 Å². The third-order valence-corrected chi connectivity index (χ3v) is 3.39. The van der Waals surface area contributed by atoms with E-state index in [0.717, 1.165) is 19.4 Å². The number of nitrogens with two attached hydrogens (primary N) is 1. The highest BCUT2D eigenvalue weighted by atomic mass is 16.5. The minimum atomic E-state index is -0.0327. The fourth-order valence-corrected chi connectivity index (χ4v) is 2.33. The van der Waals surface area contributed by atoms with Crippen LogP contribution >= 0.6 is 0 Å². The molecule has 1 aromatic heterocycles. The van der Waals surface area contributed by atoms with Crippen molar-refractivity contribution >= 4 is 5.91 Å². The molecule has 0 radical (unpaired) electrons. The minimum absolute atomic E-state index is 0.0327. The molecule has 2 rings (SSSR count). The van der Waals surface area contributed by atoms with E-state index in [0.29, 0.717) is 23.3 Å². The normalized spacial score (nSPS) is 22.2. The number of amides is 1. The van der Waals surface area contributed by atoms with Crippen LogP contribution in [0.25, 0.3) is 0 Å². The Labute approximate surface area is 107 Å². The van der Waals surface area contributed by atoms with Gasteiger partial charge in [0.05, 0.1) is 18.9 Å². The molecule has 5 nitrogen and oxygen atoms in total. The highest BCUT2D eigenvalue weighted by molar-refractivity contribution is 5.96. The molecular weight excluding hydrogens is 230 g/mol. The highest BCUT2D eigenvalue weighted by Gasteiger charge is 2.28. The van der Waals surface area contributed by atoms with Gasteiger partial charge in [0.15, 0.2) is 0 Å². The fraction of sp³-hybridized carbons (Fsp3) is 0.538. The molecule has 1 amide bonds. The van der Waals surface area contributed by atoms with E-state index in [2.05, 4.69) is 4.98 Å². The molecule has 0 saturated heterocycles. The van der Waals surface area contributed by atoms with Crippen LogP contribution in [-0.4, -0.2) is 42.5 Å². The van der Waals surface area contributed by atoms with Crippen molar-refractivity contribution in [3.63, 3.8) is 0 Å². The van der Waals surface area contributed by atoms with Crippen molar-refractivity contribution in [2.75, 3.05) is 20.7 Å². The molecule has 0 bridgehead atoms. The first-order chi connectivity index (χ1) is 8.61. The van der Waals surface area contributed by atoms with E-state index < -0.39 is 0 Å². The third kappa shape index (κ3) is 2.61. The molecular formula is C13H19N3O2. The van der Waals surface area contributed by atoms with Crippen LogP contribution in [0.5, 0.6) is 5.75 Å². The molecule has 1 heterocycles. The van der Waals surface area contributed by atoms with Crippen LogP contribution < -0.4 is 10.5 Å². The second-order valence-electron chi connectivity index (χ2n) is 4.86. The van der Waals surface area contributed by atoms with Gasteiger partial charge in [0.25, 0.3) is 5.91 Å². The number of ether oxygens (including phenoxy) is 1. The maximum atomic E-state index is 12.3. The molecule has 1 aliphatic rings. The van der Waals surface area contributed by atoms with Gasteiger partial charge in [0, 0.05) is 25.8 Å². The molecule has 1 saturated carbocycles. The van der Waals surface area contributed by atoms with Crippen molar-refractivity contribution in [1.29, 1.82) is 0 Å². The molecule has 2 N–H and O–H groups in total. The summed E-state index contributed by atoms with van der Waals surface area (Å²) in [5.41, 5.74) is 6.30. The maximum absolute atomic E-state index is 12.3. The van der Waals surface area contributed by atoms with Crippen LogP contribution in [0.3, 0.4) is 0 Å². The zero-order valence-corrected chi connectivity index (χ0v) is 10.8. The van der Waals surface area contributed by atoms with Crippen molar-refractivity contribution in [1.82, 2.24) is 9.88 Å². The van der Waals surface area contributed by atoms with Gasteiger partial charge in [-0.05, 0) is 24.8 Å². The smallest absolute Gasteiger partial charge is 0.257 e. The fourth-order valence-electron chi connectivity index (χ4n) is 2.33. The van der Waals surface area contributed by atoms with Gasteiger partial charge in [0.2, 0.25) is 0 Å². The van der Waals surface area contributed by atoms with Crippen LogP contribution in [0.4, 0.5) is 0 Å². The molecule has 1 aromatic rings. The predicted octanol–water partition coefficient (Wildman–Crippen LogP) is 0.900. The Kier molecular flexibility index (Phi) is 3.81. The molecule has 0 aromatic carbocycles. The van der Waals surface area contributed by atoms with Crippen molar-refractivity contribution in [3.8, 4) is 5.75 Å². The number of pyridine rings is 1. The summed E-state index contributed by atoms with van der Waals surface area (Å²) >= 11 is 0. The van der Waals surface area contributed by atoms with Gasteiger partial charge in [0.1, 0.15) is 5.75 Å². The summed E-state index contributed by atoms with van der Waals surface area (Å²) < 4.78 is 5.15. The van der Waals surface area contributed by atoms with Gasteiger partial charge in [-0.25, -0.2) is 0 Å². The first-order valence-electron chi connectivity index (χ1n) is 6.11. The van der Waals surface area contributed by atoms with E-state index >= 15 is 0 Å². The van der Waals surface area contributed by atoms with E-state index in [4.69, 9.17) is 10.5 Å². The molecule has 0 aliphatic heterocycles. The summed E-state index contributed by atoms with van der Waals surface area (Å²) in [7, 11) is 3.35. The van der Waals surface area contributed by atoms with Crippen molar-refractivity contribution in [2.24, 2.45) is 11.7 Å². The van der Waals surface area contributed by atoms with Gasteiger partial charge in [-0.1, -0.05) is 0 Å². The molecule has 98 valence electrons. The predicted molar refractivity (Wildman–Crippen MR) is 68.4 cm³/mol. The Hall–Kier alpha value is -1.62. The third-order valence-electron chi connectivity index (χ3n) is 3.39. The van der Waals surface area contributed by atoms with E-state index in [1.54, 1.807) is 30.5 Å². The second-order valence-corrected chi connectivity index (χ2v) is 4.86. The Morgan fingerprint density at radius 2 is 2.33 bits per heavy atom. The summed E-state index contributed by atoms with van der Waals surface area (Å²) in [5.74, 6) is 1.01. The Morgan fingerprint density at radius 1 is 1.61 bits per heavy atom. The number of carbonyl (C=O) groups is 1. The molecule has 0 unspecified atom stereocenters. The first kappa shape index (κ1) is 12.8. The number of nitrogens with zero attached hydrogens (tertiary/aromatic N) is 2. The van der Waals surface area contributed by atoms with Crippen LogP contribution in [-0.2, 0) is 0 Å². The quantitative estimate of drug-likeness (QED) is 0.860. The lowest BCUT2D eigenvalue weighted by Gasteiger charge is -2.35. The lowest BCUT2D eigenvalue weighted by atomic mass is 9.80. The summed E-state index contributed by atoms with van der Waals surface area (Å²) in [6.07, 6.45) is 5.17. The number of methoxy groups -OCH3 is 1. The van der Waals surface area contributed by atoms with E-state index in [-0.39, 0.29) is 5.91 Å². The number of hydrogen-bond donors (Lipinski definition) is 1. The number of hydrogen-bond acceptors (Lipinski definition) is 4. The average Bonchev–Trinajstić information content (AvgIpc) is 2.35. The Morgan fingerprint density at radius 3 is 2.94 bits per heavy atom. The monoisotopic (exact) mass is 249 g/mol. The van der Waals surface area contributed by atoms with Crippen molar-refractivity contribution in [2.45, 2.75) is 18.9 Å². The van der Waals surface area contributed by atoms with Crippen LogP contribution in [0.2, 0.25) is 0 Å².